The van der Waals surface area contributed by atoms with Crippen molar-refractivity contribution in [2.45, 2.75) is 51.6 Å². The van der Waals surface area contributed by atoms with E-state index in [0.717, 1.165) is 6.54 Å². The standard InChI is InChI=1S/C13H21N3O2/c1-2-10-9-16(13(18)15-12(10)17)8-7-14-11-5-3-4-6-11/h9,11,14H,2-8H2,1H3,(H,15,17,18). The van der Waals surface area contributed by atoms with E-state index in [2.05, 4.69) is 10.3 Å². The molecule has 0 aliphatic heterocycles. The molecular weight excluding hydrogens is 230 g/mol. The fourth-order valence-electron chi connectivity index (χ4n) is 2.49. The largest absolute Gasteiger partial charge is 0.328 e. The smallest absolute Gasteiger partial charge is 0.312 e. The minimum Gasteiger partial charge on any atom is -0.312 e. The quantitative estimate of drug-likeness (QED) is 0.806. The SMILES string of the molecule is CCc1cn(CCNC2CCCC2)c(=O)[nH]c1=O. The third-order valence-electron chi connectivity index (χ3n) is 3.61. The molecule has 1 saturated carbocycles. The van der Waals surface area contributed by atoms with Crippen LogP contribution in [0.25, 0.3) is 0 Å². The van der Waals surface area contributed by atoms with Crippen molar-refractivity contribution < 1.29 is 0 Å². The highest BCUT2D eigenvalue weighted by molar-refractivity contribution is 5.03. The van der Waals surface area contributed by atoms with E-state index in [1.165, 1.54) is 25.7 Å². The molecule has 1 fully saturated rings. The molecular formula is C13H21N3O2. The van der Waals surface area contributed by atoms with E-state index in [9.17, 15) is 9.59 Å². The Balaban J connectivity index is 1.96. The lowest BCUT2D eigenvalue weighted by molar-refractivity contribution is 0.488. The Morgan fingerprint density at radius 1 is 1.39 bits per heavy atom. The average Bonchev–Trinajstić information content (AvgIpc) is 2.85. The summed E-state index contributed by atoms with van der Waals surface area (Å²) in [5.41, 5.74) is 0.0865. The summed E-state index contributed by atoms with van der Waals surface area (Å²) in [6, 6.07) is 0.606. The molecule has 0 radical (unpaired) electrons. The molecule has 0 aromatic carbocycles. The van der Waals surface area contributed by atoms with Crippen molar-refractivity contribution in [3.8, 4) is 0 Å². The van der Waals surface area contributed by atoms with Gasteiger partial charge in [-0.15, -0.1) is 0 Å². The van der Waals surface area contributed by atoms with Gasteiger partial charge in [-0.1, -0.05) is 19.8 Å². The first-order valence-corrected chi connectivity index (χ1v) is 6.76. The molecule has 0 spiro atoms. The number of nitrogens with one attached hydrogen (secondary N) is 2. The molecule has 2 N–H and O–H groups in total. The van der Waals surface area contributed by atoms with Gasteiger partial charge in [0.15, 0.2) is 0 Å². The lowest BCUT2D eigenvalue weighted by Gasteiger charge is -2.12. The van der Waals surface area contributed by atoms with Gasteiger partial charge in [-0.25, -0.2) is 4.79 Å². The first kappa shape index (κ1) is 13.1. The van der Waals surface area contributed by atoms with E-state index < -0.39 is 0 Å². The Kier molecular flexibility index (Phi) is 4.36. The summed E-state index contributed by atoms with van der Waals surface area (Å²) in [6.45, 7) is 3.30. The maximum atomic E-state index is 11.6. The highest BCUT2D eigenvalue weighted by Gasteiger charge is 2.13. The number of H-pyrrole nitrogens is 1. The van der Waals surface area contributed by atoms with Crippen molar-refractivity contribution in [1.29, 1.82) is 0 Å². The highest BCUT2D eigenvalue weighted by Crippen LogP contribution is 2.17. The van der Waals surface area contributed by atoms with Crippen molar-refractivity contribution in [2.24, 2.45) is 0 Å². The van der Waals surface area contributed by atoms with Crippen LogP contribution >= 0.6 is 0 Å². The van der Waals surface area contributed by atoms with E-state index in [1.54, 1.807) is 10.8 Å². The second-order valence-electron chi connectivity index (χ2n) is 4.90. The van der Waals surface area contributed by atoms with Crippen LogP contribution in [0.4, 0.5) is 0 Å². The van der Waals surface area contributed by atoms with Crippen LogP contribution in [0.2, 0.25) is 0 Å². The van der Waals surface area contributed by atoms with Crippen molar-refractivity contribution in [3.63, 3.8) is 0 Å². The summed E-state index contributed by atoms with van der Waals surface area (Å²) in [5, 5.41) is 3.46. The molecule has 1 aliphatic rings. The molecule has 18 heavy (non-hydrogen) atoms. The normalized spacial score (nSPS) is 16.3. The van der Waals surface area contributed by atoms with Crippen LogP contribution in [0, 0.1) is 0 Å². The second-order valence-corrected chi connectivity index (χ2v) is 4.90. The van der Waals surface area contributed by atoms with Crippen molar-refractivity contribution >= 4 is 0 Å². The van der Waals surface area contributed by atoms with Gasteiger partial charge < -0.3 is 5.32 Å². The Labute approximate surface area is 106 Å². The number of rotatable bonds is 5. The zero-order valence-corrected chi connectivity index (χ0v) is 10.9. The summed E-state index contributed by atoms with van der Waals surface area (Å²) < 4.78 is 1.59. The number of hydrogen-bond donors (Lipinski definition) is 2. The third kappa shape index (κ3) is 3.10. The van der Waals surface area contributed by atoms with Gasteiger partial charge in [-0.05, 0) is 19.3 Å². The fraction of sp³-hybridized carbons (Fsp3) is 0.692. The van der Waals surface area contributed by atoms with E-state index in [4.69, 9.17) is 0 Å². The van der Waals surface area contributed by atoms with Crippen molar-refractivity contribution in [3.05, 3.63) is 32.6 Å². The van der Waals surface area contributed by atoms with Crippen LogP contribution in [0.15, 0.2) is 15.8 Å². The van der Waals surface area contributed by atoms with Crippen LogP contribution in [-0.2, 0) is 13.0 Å². The Morgan fingerprint density at radius 3 is 2.78 bits per heavy atom. The van der Waals surface area contributed by atoms with Crippen LogP contribution in [0.5, 0.6) is 0 Å². The highest BCUT2D eigenvalue weighted by atomic mass is 16.2. The summed E-state index contributed by atoms with van der Waals surface area (Å²) >= 11 is 0. The van der Waals surface area contributed by atoms with Gasteiger partial charge in [-0.3, -0.25) is 14.3 Å². The Morgan fingerprint density at radius 2 is 2.11 bits per heavy atom. The topological polar surface area (TPSA) is 66.9 Å². The van der Waals surface area contributed by atoms with Gasteiger partial charge in [0.25, 0.3) is 5.56 Å². The van der Waals surface area contributed by atoms with Gasteiger partial charge in [0.05, 0.1) is 0 Å². The molecule has 0 unspecified atom stereocenters. The lowest BCUT2D eigenvalue weighted by atomic mass is 10.2. The zero-order chi connectivity index (χ0) is 13.0. The van der Waals surface area contributed by atoms with E-state index in [1.807, 2.05) is 6.92 Å². The van der Waals surface area contributed by atoms with Crippen LogP contribution in [-0.4, -0.2) is 22.1 Å². The van der Waals surface area contributed by atoms with Gasteiger partial charge in [0, 0.05) is 30.9 Å². The second kappa shape index (κ2) is 6.00. The summed E-state index contributed by atoms with van der Waals surface area (Å²) in [5.74, 6) is 0. The predicted octanol–water partition coefficient (Wildman–Crippen LogP) is 0.631. The number of aromatic nitrogens is 2. The summed E-state index contributed by atoms with van der Waals surface area (Å²) in [4.78, 5) is 25.4. The maximum absolute atomic E-state index is 11.6. The molecule has 5 nitrogen and oxygen atoms in total. The molecule has 0 saturated heterocycles. The van der Waals surface area contributed by atoms with Gasteiger partial charge in [0.1, 0.15) is 0 Å². The Hall–Kier alpha value is -1.36. The molecule has 2 rings (SSSR count). The van der Waals surface area contributed by atoms with E-state index in [-0.39, 0.29) is 11.2 Å². The summed E-state index contributed by atoms with van der Waals surface area (Å²) in [6.07, 6.45) is 7.40. The lowest BCUT2D eigenvalue weighted by Crippen LogP contribution is -2.36. The minimum atomic E-state index is -0.314. The van der Waals surface area contributed by atoms with Crippen LogP contribution in [0.3, 0.4) is 0 Å². The third-order valence-corrected chi connectivity index (χ3v) is 3.61. The van der Waals surface area contributed by atoms with Crippen molar-refractivity contribution in [1.82, 2.24) is 14.9 Å². The number of hydrogen-bond acceptors (Lipinski definition) is 3. The minimum absolute atomic E-state index is 0.262. The molecule has 0 amide bonds. The monoisotopic (exact) mass is 251 g/mol. The van der Waals surface area contributed by atoms with Gasteiger partial charge >= 0.3 is 5.69 Å². The van der Waals surface area contributed by atoms with Gasteiger partial charge in [0.2, 0.25) is 0 Å². The zero-order valence-electron chi connectivity index (χ0n) is 10.9. The van der Waals surface area contributed by atoms with Crippen LogP contribution in [0.1, 0.15) is 38.2 Å². The van der Waals surface area contributed by atoms with Crippen molar-refractivity contribution in [2.75, 3.05) is 6.54 Å². The first-order chi connectivity index (χ1) is 8.70. The summed E-state index contributed by atoms with van der Waals surface area (Å²) in [7, 11) is 0. The molecule has 1 aromatic heterocycles. The van der Waals surface area contributed by atoms with E-state index in [0.29, 0.717) is 24.6 Å². The van der Waals surface area contributed by atoms with Gasteiger partial charge in [-0.2, -0.15) is 0 Å². The fourth-order valence-corrected chi connectivity index (χ4v) is 2.49. The Bertz CT molecular complexity index is 498. The predicted molar refractivity (Wildman–Crippen MR) is 71.0 cm³/mol. The maximum Gasteiger partial charge on any atom is 0.328 e. The number of aromatic amines is 1. The molecule has 5 heteroatoms. The molecule has 100 valence electrons. The number of aryl methyl sites for hydroxylation is 1. The molecule has 1 aliphatic carbocycles. The molecule has 1 heterocycles. The number of nitrogens with zero attached hydrogens (tertiary/aromatic N) is 1. The molecule has 0 bridgehead atoms. The average molecular weight is 251 g/mol. The van der Waals surface area contributed by atoms with Crippen LogP contribution < -0.4 is 16.6 Å². The molecule has 1 aromatic rings. The molecule has 0 atom stereocenters. The van der Waals surface area contributed by atoms with E-state index >= 15 is 0 Å². The first-order valence-electron chi connectivity index (χ1n) is 6.76.